The van der Waals surface area contributed by atoms with Crippen molar-refractivity contribution in [3.8, 4) is 0 Å². The van der Waals surface area contributed by atoms with Gasteiger partial charge < -0.3 is 0 Å². The average molecular weight is 203 g/mol. The summed E-state index contributed by atoms with van der Waals surface area (Å²) in [5.74, 6) is 0.103. The SMILES string of the molecule is C=CCS(=O)(=O)N1CCC(=O)CC1. The fourth-order valence-electron chi connectivity index (χ4n) is 1.27. The van der Waals surface area contributed by atoms with Crippen molar-refractivity contribution in [3.63, 3.8) is 0 Å². The van der Waals surface area contributed by atoms with Crippen molar-refractivity contribution in [1.82, 2.24) is 4.31 Å². The zero-order chi connectivity index (χ0) is 9.90. The van der Waals surface area contributed by atoms with Gasteiger partial charge in [0, 0.05) is 25.9 Å². The average Bonchev–Trinajstić information content (AvgIpc) is 2.05. The lowest BCUT2D eigenvalue weighted by Gasteiger charge is -2.24. The van der Waals surface area contributed by atoms with Crippen LogP contribution >= 0.6 is 0 Å². The zero-order valence-electron chi connectivity index (χ0n) is 7.40. The van der Waals surface area contributed by atoms with Gasteiger partial charge in [-0.05, 0) is 0 Å². The minimum atomic E-state index is -3.19. The Labute approximate surface area is 78.3 Å². The molecule has 0 amide bonds. The molecule has 0 aromatic heterocycles. The van der Waals surface area contributed by atoms with Gasteiger partial charge in [0.15, 0.2) is 0 Å². The molecule has 0 saturated carbocycles. The largest absolute Gasteiger partial charge is 0.300 e. The van der Waals surface area contributed by atoms with Gasteiger partial charge in [0.05, 0.1) is 5.75 Å². The second kappa shape index (κ2) is 4.02. The number of nitrogens with zero attached hydrogens (tertiary/aromatic N) is 1. The third kappa shape index (κ3) is 2.63. The molecule has 1 saturated heterocycles. The molecule has 0 bridgehead atoms. The number of carbonyl (C=O) groups excluding carboxylic acids is 1. The standard InChI is InChI=1S/C8H13NO3S/c1-2-7-13(11,12)9-5-3-8(10)4-6-9/h2H,1,3-7H2. The zero-order valence-corrected chi connectivity index (χ0v) is 8.22. The third-order valence-electron chi connectivity index (χ3n) is 2.00. The lowest BCUT2D eigenvalue weighted by molar-refractivity contribution is -0.120. The van der Waals surface area contributed by atoms with Gasteiger partial charge in [0.25, 0.3) is 0 Å². The second-order valence-electron chi connectivity index (χ2n) is 3.00. The number of hydrogen-bond donors (Lipinski definition) is 0. The smallest absolute Gasteiger partial charge is 0.217 e. The lowest BCUT2D eigenvalue weighted by Crippen LogP contribution is -2.39. The third-order valence-corrected chi connectivity index (χ3v) is 3.81. The molecule has 0 aromatic carbocycles. The number of Topliss-reactive ketones (excluding diaryl/α,β-unsaturated/α-hetero) is 1. The van der Waals surface area contributed by atoms with E-state index in [1.54, 1.807) is 0 Å². The number of hydrogen-bond acceptors (Lipinski definition) is 3. The van der Waals surface area contributed by atoms with Gasteiger partial charge in [-0.15, -0.1) is 6.58 Å². The minimum absolute atomic E-state index is 0.0405. The van der Waals surface area contributed by atoms with Crippen LogP contribution in [-0.2, 0) is 14.8 Å². The quantitative estimate of drug-likeness (QED) is 0.614. The molecule has 0 radical (unpaired) electrons. The number of piperidine rings is 1. The Balaban J connectivity index is 2.63. The van der Waals surface area contributed by atoms with E-state index in [0.717, 1.165) is 0 Å². The van der Waals surface area contributed by atoms with E-state index in [-0.39, 0.29) is 11.5 Å². The highest BCUT2D eigenvalue weighted by molar-refractivity contribution is 7.89. The van der Waals surface area contributed by atoms with Crippen LogP contribution in [0.25, 0.3) is 0 Å². The summed E-state index contributed by atoms with van der Waals surface area (Å²) in [6.07, 6.45) is 2.05. The first-order valence-corrected chi connectivity index (χ1v) is 5.77. The maximum atomic E-state index is 11.4. The van der Waals surface area contributed by atoms with E-state index < -0.39 is 10.0 Å². The van der Waals surface area contributed by atoms with Gasteiger partial charge in [-0.2, -0.15) is 0 Å². The summed E-state index contributed by atoms with van der Waals surface area (Å²) < 4.78 is 24.2. The van der Waals surface area contributed by atoms with Crippen LogP contribution in [0, 0.1) is 0 Å². The number of carbonyl (C=O) groups is 1. The van der Waals surface area contributed by atoms with Gasteiger partial charge in [-0.1, -0.05) is 6.08 Å². The van der Waals surface area contributed by atoms with Gasteiger partial charge in [-0.3, -0.25) is 4.79 Å². The van der Waals surface area contributed by atoms with Crippen molar-refractivity contribution in [2.24, 2.45) is 0 Å². The summed E-state index contributed by atoms with van der Waals surface area (Å²) in [5, 5.41) is 0. The monoisotopic (exact) mass is 203 g/mol. The molecule has 1 aliphatic heterocycles. The summed E-state index contributed by atoms with van der Waals surface area (Å²) in [4.78, 5) is 10.9. The van der Waals surface area contributed by atoms with Crippen molar-refractivity contribution >= 4 is 15.8 Å². The molecule has 13 heavy (non-hydrogen) atoms. The number of sulfonamides is 1. The van der Waals surface area contributed by atoms with E-state index in [9.17, 15) is 13.2 Å². The molecule has 1 rings (SSSR count). The highest BCUT2D eigenvalue weighted by atomic mass is 32.2. The molecule has 0 spiro atoms. The topological polar surface area (TPSA) is 54.5 Å². The fourth-order valence-corrected chi connectivity index (χ4v) is 2.52. The van der Waals surface area contributed by atoms with Crippen molar-refractivity contribution in [2.45, 2.75) is 12.8 Å². The van der Waals surface area contributed by atoms with E-state index in [1.165, 1.54) is 10.4 Å². The van der Waals surface area contributed by atoms with Crippen LogP contribution in [0.4, 0.5) is 0 Å². The van der Waals surface area contributed by atoms with Crippen molar-refractivity contribution in [1.29, 1.82) is 0 Å². The van der Waals surface area contributed by atoms with Crippen LogP contribution in [-0.4, -0.2) is 37.3 Å². The molecular weight excluding hydrogens is 190 g/mol. The van der Waals surface area contributed by atoms with E-state index in [1.807, 2.05) is 0 Å². The predicted molar refractivity (Wildman–Crippen MR) is 49.8 cm³/mol. The molecule has 0 aliphatic carbocycles. The van der Waals surface area contributed by atoms with Crippen molar-refractivity contribution < 1.29 is 13.2 Å². The second-order valence-corrected chi connectivity index (χ2v) is 5.02. The summed E-state index contributed by atoms with van der Waals surface area (Å²) in [6.45, 7) is 4.04. The van der Waals surface area contributed by atoms with Crippen LogP contribution in [0.2, 0.25) is 0 Å². The Hall–Kier alpha value is -0.680. The van der Waals surface area contributed by atoms with Crippen molar-refractivity contribution in [2.75, 3.05) is 18.8 Å². The molecule has 1 aliphatic rings. The van der Waals surface area contributed by atoms with Crippen LogP contribution in [0.5, 0.6) is 0 Å². The minimum Gasteiger partial charge on any atom is -0.300 e. The highest BCUT2D eigenvalue weighted by Gasteiger charge is 2.25. The first-order chi connectivity index (χ1) is 6.06. The van der Waals surface area contributed by atoms with Crippen LogP contribution in [0.1, 0.15) is 12.8 Å². The summed E-state index contributed by atoms with van der Waals surface area (Å²) in [7, 11) is -3.19. The Morgan fingerprint density at radius 3 is 2.38 bits per heavy atom. The van der Waals surface area contributed by atoms with Crippen LogP contribution in [0.3, 0.4) is 0 Å². The van der Waals surface area contributed by atoms with E-state index in [0.29, 0.717) is 25.9 Å². The Kier molecular flexibility index (Phi) is 3.22. The summed E-state index contributed by atoms with van der Waals surface area (Å²) in [5.41, 5.74) is 0. The molecule has 74 valence electrons. The molecular formula is C8H13NO3S. The molecule has 0 N–H and O–H groups in total. The molecule has 4 nitrogen and oxygen atoms in total. The highest BCUT2D eigenvalue weighted by Crippen LogP contribution is 2.10. The molecule has 1 fully saturated rings. The van der Waals surface area contributed by atoms with Gasteiger partial charge in [-0.25, -0.2) is 12.7 Å². The maximum absolute atomic E-state index is 11.4. The number of rotatable bonds is 3. The molecule has 5 heteroatoms. The van der Waals surface area contributed by atoms with E-state index in [4.69, 9.17) is 0 Å². The maximum Gasteiger partial charge on any atom is 0.217 e. The lowest BCUT2D eigenvalue weighted by atomic mass is 10.1. The van der Waals surface area contributed by atoms with Crippen molar-refractivity contribution in [3.05, 3.63) is 12.7 Å². The van der Waals surface area contributed by atoms with E-state index in [2.05, 4.69) is 6.58 Å². The Morgan fingerprint density at radius 2 is 1.92 bits per heavy atom. The normalized spacial score (nSPS) is 20.2. The number of ketones is 1. The molecule has 0 unspecified atom stereocenters. The first kappa shape index (κ1) is 10.4. The van der Waals surface area contributed by atoms with Gasteiger partial charge in [0.2, 0.25) is 10.0 Å². The first-order valence-electron chi connectivity index (χ1n) is 4.16. The molecule has 0 atom stereocenters. The Bertz CT molecular complexity index is 297. The summed E-state index contributed by atoms with van der Waals surface area (Å²) >= 11 is 0. The van der Waals surface area contributed by atoms with E-state index >= 15 is 0 Å². The predicted octanol–water partition coefficient (Wildman–Crippen LogP) is 0.167. The van der Waals surface area contributed by atoms with Gasteiger partial charge >= 0.3 is 0 Å². The van der Waals surface area contributed by atoms with Gasteiger partial charge in [0.1, 0.15) is 5.78 Å². The van der Waals surface area contributed by atoms with Crippen LogP contribution in [0.15, 0.2) is 12.7 Å². The molecule has 1 heterocycles. The Morgan fingerprint density at radius 1 is 1.38 bits per heavy atom. The summed E-state index contributed by atoms with van der Waals surface area (Å²) in [6, 6.07) is 0. The molecule has 0 aromatic rings. The van der Waals surface area contributed by atoms with Crippen LogP contribution < -0.4 is 0 Å². The fraction of sp³-hybridized carbons (Fsp3) is 0.625.